The molecule has 31 heavy (non-hydrogen) atoms. The van der Waals surface area contributed by atoms with Gasteiger partial charge in [0.15, 0.2) is 5.79 Å². The normalized spacial score (nSPS) is 25.3. The van der Waals surface area contributed by atoms with Crippen LogP contribution in [0.2, 0.25) is 5.02 Å². The summed E-state index contributed by atoms with van der Waals surface area (Å²) in [6.07, 6.45) is 2.78. The van der Waals surface area contributed by atoms with Crippen LogP contribution >= 0.6 is 11.6 Å². The molecule has 0 bridgehead atoms. The fourth-order valence-corrected chi connectivity index (χ4v) is 4.89. The van der Waals surface area contributed by atoms with E-state index in [1.54, 1.807) is 6.07 Å². The number of β-amino-alcohol motifs (C(OH)–C–C–N with tert-alkyl or cyclic N) is 1. The summed E-state index contributed by atoms with van der Waals surface area (Å²) < 4.78 is 16.9. The van der Waals surface area contributed by atoms with Crippen LogP contribution in [-0.2, 0) is 15.9 Å². The Kier molecular flexibility index (Phi) is 6.93. The number of carbonyl (C=O) groups excluding carboxylic acids is 1. The number of halogens is 1. The Morgan fingerprint density at radius 2 is 2.16 bits per heavy atom. The quantitative estimate of drug-likeness (QED) is 0.540. The monoisotopic (exact) mass is 453 g/mol. The topological polar surface area (TPSA) is 106 Å². The fourth-order valence-electron chi connectivity index (χ4n) is 4.67. The minimum absolute atomic E-state index is 0.0115. The lowest BCUT2D eigenvalue weighted by Crippen LogP contribution is -2.48. The van der Waals surface area contributed by atoms with Crippen LogP contribution in [0.25, 0.3) is 0 Å². The Hall–Kier alpha value is -1.58. The molecule has 0 aromatic heterocycles. The summed E-state index contributed by atoms with van der Waals surface area (Å²) in [5, 5.41) is 13.9. The first kappa shape index (κ1) is 22.6. The lowest BCUT2D eigenvalue weighted by molar-refractivity contribution is -0.148. The predicted molar refractivity (Wildman–Crippen MR) is 117 cm³/mol. The molecule has 2 fully saturated rings. The molecule has 0 radical (unpaired) electrons. The molecule has 2 saturated heterocycles. The molecule has 9 heteroatoms. The zero-order chi connectivity index (χ0) is 22.0. The molecule has 0 saturated carbocycles. The van der Waals surface area contributed by atoms with Crippen LogP contribution in [0, 0.1) is 5.92 Å². The van der Waals surface area contributed by atoms with Crippen molar-refractivity contribution < 1.29 is 24.1 Å². The molecule has 1 aromatic carbocycles. The molecule has 3 heterocycles. The van der Waals surface area contributed by atoms with Crippen molar-refractivity contribution in [2.24, 2.45) is 5.92 Å². The van der Waals surface area contributed by atoms with Gasteiger partial charge in [-0.05, 0) is 38.9 Å². The summed E-state index contributed by atoms with van der Waals surface area (Å²) in [5.41, 5.74) is 7.69. The van der Waals surface area contributed by atoms with Gasteiger partial charge in [-0.15, -0.1) is 0 Å². The van der Waals surface area contributed by atoms with E-state index in [1.807, 2.05) is 6.92 Å². The molecule has 172 valence electrons. The first-order valence-corrected chi connectivity index (χ1v) is 11.4. The maximum absolute atomic E-state index is 12.8. The van der Waals surface area contributed by atoms with E-state index < -0.39 is 11.9 Å². The number of nitrogens with zero attached hydrogens (tertiary/aromatic N) is 1. The Morgan fingerprint density at radius 3 is 2.90 bits per heavy atom. The first-order chi connectivity index (χ1) is 14.9. The van der Waals surface area contributed by atoms with Crippen molar-refractivity contribution in [3.05, 3.63) is 22.2 Å². The van der Waals surface area contributed by atoms with Crippen molar-refractivity contribution >= 4 is 23.2 Å². The fraction of sp³-hybridized carbons (Fsp3) is 0.682. The average molecular weight is 454 g/mol. The van der Waals surface area contributed by atoms with E-state index in [9.17, 15) is 9.90 Å². The Balaban J connectivity index is 1.24. The molecule has 2 atom stereocenters. The lowest BCUT2D eigenvalue weighted by atomic mass is 9.93. The molecule has 4 N–H and O–H groups in total. The number of fused-ring (bicyclic) bond motifs is 1. The largest absolute Gasteiger partial charge is 0.492 e. The SMILES string of the molecule is CC1(CCCN2CC[C@H](CNC(=O)c3cc(Cl)c(N)c4c3OCC4)[C@H](O)C2)OCCO1. The standard InChI is InChI=1S/C22H32ClN3O5/c1-22(30-9-10-31-22)5-2-6-26-7-3-14(18(27)13-26)12-25-21(28)16-11-17(23)19(24)15-4-8-29-20(15)16/h11,14,18,27H,2-10,12-13,24H2,1H3,(H,25,28)/t14-,18-/m1/s1. The van der Waals surface area contributed by atoms with Gasteiger partial charge in [-0.25, -0.2) is 0 Å². The number of anilines is 1. The van der Waals surface area contributed by atoms with Gasteiger partial charge in [0, 0.05) is 37.4 Å². The average Bonchev–Trinajstić information content (AvgIpc) is 3.40. The summed E-state index contributed by atoms with van der Waals surface area (Å²) >= 11 is 6.20. The van der Waals surface area contributed by atoms with Crippen molar-refractivity contribution in [2.45, 2.75) is 44.5 Å². The maximum atomic E-state index is 12.8. The smallest absolute Gasteiger partial charge is 0.255 e. The van der Waals surface area contributed by atoms with Gasteiger partial charge < -0.3 is 35.3 Å². The third-order valence-corrected chi connectivity index (χ3v) is 6.86. The number of amides is 1. The number of hydrogen-bond acceptors (Lipinski definition) is 7. The number of rotatable bonds is 7. The lowest BCUT2D eigenvalue weighted by Gasteiger charge is -2.36. The highest BCUT2D eigenvalue weighted by Crippen LogP contribution is 2.38. The van der Waals surface area contributed by atoms with E-state index in [0.717, 1.165) is 37.9 Å². The minimum atomic E-state index is -0.486. The highest BCUT2D eigenvalue weighted by atomic mass is 35.5. The van der Waals surface area contributed by atoms with Gasteiger partial charge in [0.25, 0.3) is 5.91 Å². The number of hydrogen-bond donors (Lipinski definition) is 3. The van der Waals surface area contributed by atoms with E-state index in [0.29, 0.717) is 61.4 Å². The minimum Gasteiger partial charge on any atom is -0.492 e. The zero-order valence-corrected chi connectivity index (χ0v) is 18.7. The third kappa shape index (κ3) is 5.09. The van der Waals surface area contributed by atoms with E-state index in [-0.39, 0.29) is 11.8 Å². The van der Waals surface area contributed by atoms with Crippen LogP contribution in [0.5, 0.6) is 5.75 Å². The molecule has 0 unspecified atom stereocenters. The van der Waals surface area contributed by atoms with E-state index >= 15 is 0 Å². The predicted octanol–water partition coefficient (Wildman–Crippen LogP) is 1.81. The molecule has 0 aliphatic carbocycles. The molecular weight excluding hydrogens is 422 g/mol. The maximum Gasteiger partial charge on any atom is 0.255 e. The van der Waals surface area contributed by atoms with Gasteiger partial charge in [0.2, 0.25) is 0 Å². The van der Waals surface area contributed by atoms with Crippen molar-refractivity contribution in [1.82, 2.24) is 10.2 Å². The molecule has 3 aliphatic rings. The number of nitrogens with one attached hydrogen (secondary N) is 1. The summed E-state index contributed by atoms with van der Waals surface area (Å²) in [6.45, 7) is 6.59. The molecular formula is C22H32ClN3O5. The summed E-state index contributed by atoms with van der Waals surface area (Å²) in [5.74, 6) is -0.175. The molecule has 8 nitrogen and oxygen atoms in total. The van der Waals surface area contributed by atoms with E-state index in [2.05, 4.69) is 10.2 Å². The first-order valence-electron chi connectivity index (χ1n) is 11.1. The molecule has 3 aliphatic heterocycles. The molecule has 1 amide bonds. The Bertz CT molecular complexity index is 815. The number of ether oxygens (including phenoxy) is 3. The number of carbonyl (C=O) groups is 1. The number of aliphatic hydroxyl groups is 1. The second-order valence-electron chi connectivity index (χ2n) is 8.79. The highest BCUT2D eigenvalue weighted by molar-refractivity contribution is 6.33. The van der Waals surface area contributed by atoms with Crippen molar-refractivity contribution in [2.75, 3.05) is 51.7 Å². The van der Waals surface area contributed by atoms with Crippen LogP contribution in [0.3, 0.4) is 0 Å². The van der Waals surface area contributed by atoms with Gasteiger partial charge in [-0.3, -0.25) is 4.79 Å². The van der Waals surface area contributed by atoms with E-state index in [4.69, 9.17) is 31.5 Å². The van der Waals surface area contributed by atoms with Crippen LogP contribution in [0.4, 0.5) is 5.69 Å². The molecule has 1 aromatic rings. The molecule has 0 spiro atoms. The number of nitrogen functional groups attached to an aromatic ring is 1. The van der Waals surface area contributed by atoms with Gasteiger partial charge in [0.1, 0.15) is 5.75 Å². The van der Waals surface area contributed by atoms with Gasteiger partial charge >= 0.3 is 0 Å². The van der Waals surface area contributed by atoms with Crippen molar-refractivity contribution in [3.63, 3.8) is 0 Å². The highest BCUT2D eigenvalue weighted by Gasteiger charge is 2.32. The summed E-state index contributed by atoms with van der Waals surface area (Å²) in [7, 11) is 0. The van der Waals surface area contributed by atoms with Crippen LogP contribution in [0.15, 0.2) is 6.07 Å². The van der Waals surface area contributed by atoms with Crippen LogP contribution in [-0.4, -0.2) is 73.8 Å². The number of piperidine rings is 1. The van der Waals surface area contributed by atoms with Gasteiger partial charge in [0.05, 0.1) is 42.2 Å². The Morgan fingerprint density at radius 1 is 1.39 bits per heavy atom. The number of aliphatic hydroxyl groups excluding tert-OH is 1. The van der Waals surface area contributed by atoms with Crippen molar-refractivity contribution in [3.8, 4) is 5.75 Å². The van der Waals surface area contributed by atoms with Gasteiger partial charge in [-0.2, -0.15) is 0 Å². The Labute approximate surface area is 188 Å². The van der Waals surface area contributed by atoms with Gasteiger partial charge in [-0.1, -0.05) is 11.6 Å². The number of likely N-dealkylation sites (tertiary alicyclic amines) is 1. The summed E-state index contributed by atoms with van der Waals surface area (Å²) in [6, 6.07) is 1.56. The second kappa shape index (κ2) is 9.50. The van der Waals surface area contributed by atoms with Crippen LogP contribution in [0.1, 0.15) is 42.1 Å². The summed E-state index contributed by atoms with van der Waals surface area (Å²) in [4.78, 5) is 15.0. The molecule has 4 rings (SSSR count). The number of benzene rings is 1. The third-order valence-electron chi connectivity index (χ3n) is 6.55. The second-order valence-corrected chi connectivity index (χ2v) is 9.19. The number of nitrogens with two attached hydrogens (primary N) is 1. The van der Waals surface area contributed by atoms with Crippen molar-refractivity contribution in [1.29, 1.82) is 0 Å². The zero-order valence-electron chi connectivity index (χ0n) is 18.0. The van der Waals surface area contributed by atoms with Crippen LogP contribution < -0.4 is 15.8 Å². The van der Waals surface area contributed by atoms with E-state index in [1.165, 1.54) is 0 Å².